The van der Waals surface area contributed by atoms with Crippen LogP contribution in [0.15, 0.2) is 40.9 Å². The number of carbonyl (C=O) groups is 1. The second kappa shape index (κ2) is 7.43. The largest absolute Gasteiger partial charge is 0.416 e. The van der Waals surface area contributed by atoms with Crippen LogP contribution in [-0.4, -0.2) is 26.5 Å². The zero-order valence-electron chi connectivity index (χ0n) is 13.3. The fourth-order valence-corrected chi connectivity index (χ4v) is 2.74. The quantitative estimate of drug-likeness (QED) is 0.597. The van der Waals surface area contributed by atoms with E-state index in [9.17, 15) is 22.4 Å². The van der Waals surface area contributed by atoms with Crippen molar-refractivity contribution in [2.45, 2.75) is 12.6 Å². The maximum absolute atomic E-state index is 13.5. The van der Waals surface area contributed by atoms with Gasteiger partial charge in [0.25, 0.3) is 0 Å². The molecule has 27 heavy (non-hydrogen) atoms. The van der Waals surface area contributed by atoms with Crippen LogP contribution in [0, 0.1) is 5.82 Å². The molecule has 0 spiro atoms. The topological polar surface area (TPSA) is 83.6 Å². The van der Waals surface area contributed by atoms with Crippen molar-refractivity contribution in [3.8, 4) is 11.4 Å². The molecule has 1 amide bonds. The van der Waals surface area contributed by atoms with E-state index < -0.39 is 29.9 Å². The normalized spacial score (nSPS) is 11.4. The highest BCUT2D eigenvalue weighted by Gasteiger charge is 2.31. The highest BCUT2D eigenvalue weighted by atomic mass is 79.9. The summed E-state index contributed by atoms with van der Waals surface area (Å²) in [6, 6.07) is 6.87. The minimum Gasteiger partial charge on any atom is -0.325 e. The smallest absolute Gasteiger partial charge is 0.325 e. The molecule has 1 heterocycles. The van der Waals surface area contributed by atoms with Gasteiger partial charge in [-0.25, -0.2) is 4.39 Å². The van der Waals surface area contributed by atoms with E-state index in [4.69, 9.17) is 0 Å². The number of benzene rings is 2. The first-order chi connectivity index (χ1) is 12.7. The number of hydrogen-bond acceptors (Lipinski definition) is 4. The Hall–Kier alpha value is -2.82. The monoisotopic (exact) mass is 443 g/mol. The average Bonchev–Trinajstić information content (AvgIpc) is 3.09. The molecule has 0 saturated carbocycles. The van der Waals surface area contributed by atoms with Crippen molar-refractivity contribution in [1.29, 1.82) is 0 Å². The van der Waals surface area contributed by atoms with Crippen LogP contribution in [0.5, 0.6) is 0 Å². The number of amides is 1. The van der Waals surface area contributed by atoms with E-state index in [1.165, 1.54) is 0 Å². The van der Waals surface area contributed by atoms with Crippen molar-refractivity contribution < 1.29 is 22.4 Å². The van der Waals surface area contributed by atoms with Crippen molar-refractivity contribution in [1.82, 2.24) is 20.6 Å². The van der Waals surface area contributed by atoms with Gasteiger partial charge in [0.15, 0.2) is 0 Å². The van der Waals surface area contributed by atoms with Crippen molar-refractivity contribution in [2.24, 2.45) is 0 Å². The summed E-state index contributed by atoms with van der Waals surface area (Å²) >= 11 is 3.29. The summed E-state index contributed by atoms with van der Waals surface area (Å²) in [6.45, 7) is 0. The number of halogens is 5. The van der Waals surface area contributed by atoms with Crippen LogP contribution in [0.1, 0.15) is 11.1 Å². The molecule has 0 aliphatic carbocycles. The lowest BCUT2D eigenvalue weighted by Crippen LogP contribution is -2.16. The lowest BCUT2D eigenvalue weighted by Gasteiger charge is -2.11. The Balaban J connectivity index is 1.83. The number of aromatic amines is 1. The second-order valence-electron chi connectivity index (χ2n) is 5.50. The van der Waals surface area contributed by atoms with Gasteiger partial charge in [-0.2, -0.15) is 18.4 Å². The third-order valence-electron chi connectivity index (χ3n) is 3.49. The summed E-state index contributed by atoms with van der Waals surface area (Å²) in [4.78, 5) is 12.3. The molecule has 2 N–H and O–H groups in total. The summed E-state index contributed by atoms with van der Waals surface area (Å²) in [6.07, 6.45) is -5.15. The Bertz CT molecular complexity index is 975. The zero-order valence-corrected chi connectivity index (χ0v) is 14.9. The van der Waals surface area contributed by atoms with Crippen molar-refractivity contribution in [2.75, 3.05) is 5.32 Å². The van der Waals surface area contributed by atoms with E-state index in [0.29, 0.717) is 21.8 Å². The van der Waals surface area contributed by atoms with Crippen LogP contribution in [0.4, 0.5) is 23.2 Å². The molecule has 2 aromatic carbocycles. The molecule has 140 valence electrons. The highest BCUT2D eigenvalue weighted by molar-refractivity contribution is 9.10. The number of carbonyl (C=O) groups excluding carboxylic acids is 1. The number of tetrazole rings is 1. The standard InChI is InChI=1S/C16H10BrF4N5O/c17-10-1-2-13(12(7-10)15-23-25-26-24-15)22-14(27)5-8-3-9(16(19,20)21)6-11(18)4-8/h1-4,6-7H,5H2,(H,22,27)(H,23,24,25,26). The Morgan fingerprint density at radius 3 is 2.63 bits per heavy atom. The SMILES string of the molecule is O=C(Cc1cc(F)cc(C(F)(F)F)c1)Nc1ccc(Br)cc1-c1nn[nH]n1. The molecule has 3 aromatic rings. The molecule has 3 rings (SSSR count). The number of hydrogen-bond donors (Lipinski definition) is 2. The van der Waals surface area contributed by atoms with Crippen LogP contribution in [0.3, 0.4) is 0 Å². The predicted molar refractivity (Wildman–Crippen MR) is 91.0 cm³/mol. The molecule has 0 bridgehead atoms. The second-order valence-corrected chi connectivity index (χ2v) is 6.41. The first-order valence-electron chi connectivity index (χ1n) is 7.42. The summed E-state index contributed by atoms with van der Waals surface area (Å²) in [5.41, 5.74) is -0.474. The highest BCUT2D eigenvalue weighted by Crippen LogP contribution is 2.31. The van der Waals surface area contributed by atoms with Crippen molar-refractivity contribution >= 4 is 27.5 Å². The predicted octanol–water partition coefficient (Wildman–Crippen LogP) is 3.97. The fourth-order valence-electron chi connectivity index (χ4n) is 2.38. The first-order valence-corrected chi connectivity index (χ1v) is 8.21. The van der Waals surface area contributed by atoms with E-state index in [0.717, 1.165) is 12.1 Å². The van der Waals surface area contributed by atoms with Crippen LogP contribution in [0.25, 0.3) is 11.4 Å². The molecule has 0 aliphatic rings. The summed E-state index contributed by atoms with van der Waals surface area (Å²) in [5.74, 6) is -1.47. The summed E-state index contributed by atoms with van der Waals surface area (Å²) in [5, 5.41) is 16.0. The summed E-state index contributed by atoms with van der Waals surface area (Å²) in [7, 11) is 0. The van der Waals surface area contributed by atoms with Crippen LogP contribution >= 0.6 is 15.9 Å². The first kappa shape index (κ1) is 19.0. The van der Waals surface area contributed by atoms with Crippen molar-refractivity contribution in [3.63, 3.8) is 0 Å². The Kier molecular flexibility index (Phi) is 5.22. The Labute approximate surface area is 158 Å². The van der Waals surface area contributed by atoms with Gasteiger partial charge in [-0.15, -0.1) is 10.2 Å². The van der Waals surface area contributed by atoms with Gasteiger partial charge in [0.2, 0.25) is 11.7 Å². The van der Waals surface area contributed by atoms with Crippen molar-refractivity contribution in [3.05, 3.63) is 57.8 Å². The van der Waals surface area contributed by atoms with Crippen LogP contribution in [0.2, 0.25) is 0 Å². The molecule has 0 saturated heterocycles. The summed E-state index contributed by atoms with van der Waals surface area (Å²) < 4.78 is 52.5. The number of nitrogens with zero attached hydrogens (tertiary/aromatic N) is 3. The van der Waals surface area contributed by atoms with Gasteiger partial charge in [-0.3, -0.25) is 4.79 Å². The molecule has 1 aromatic heterocycles. The van der Waals surface area contributed by atoms with Gasteiger partial charge in [0, 0.05) is 10.0 Å². The molecule has 0 radical (unpaired) electrons. The van der Waals surface area contributed by atoms with Gasteiger partial charge in [0.05, 0.1) is 17.7 Å². The van der Waals surface area contributed by atoms with Gasteiger partial charge >= 0.3 is 6.18 Å². The van der Waals surface area contributed by atoms with Gasteiger partial charge in [-0.1, -0.05) is 15.9 Å². The number of anilines is 1. The van der Waals surface area contributed by atoms with E-state index in [1.807, 2.05) is 0 Å². The van der Waals surface area contributed by atoms with Gasteiger partial charge < -0.3 is 5.32 Å². The fraction of sp³-hybridized carbons (Fsp3) is 0.125. The molecule has 11 heteroatoms. The molecule has 0 atom stereocenters. The molecular weight excluding hydrogens is 434 g/mol. The lowest BCUT2D eigenvalue weighted by atomic mass is 10.1. The Morgan fingerprint density at radius 1 is 1.19 bits per heavy atom. The molecule has 0 fully saturated rings. The Morgan fingerprint density at radius 2 is 1.96 bits per heavy atom. The van der Waals surface area contributed by atoms with Gasteiger partial charge in [0.1, 0.15) is 5.82 Å². The number of alkyl halides is 3. The third-order valence-corrected chi connectivity index (χ3v) is 3.98. The lowest BCUT2D eigenvalue weighted by molar-refractivity contribution is -0.137. The van der Waals surface area contributed by atoms with E-state index >= 15 is 0 Å². The molecule has 0 unspecified atom stereocenters. The maximum Gasteiger partial charge on any atom is 0.416 e. The van der Waals surface area contributed by atoms with Gasteiger partial charge in [-0.05, 0) is 47.2 Å². The molecule has 6 nitrogen and oxygen atoms in total. The number of nitrogens with one attached hydrogen (secondary N) is 2. The van der Waals surface area contributed by atoms with Crippen LogP contribution in [-0.2, 0) is 17.4 Å². The third kappa shape index (κ3) is 4.67. The van der Waals surface area contributed by atoms with E-state index in [2.05, 4.69) is 41.9 Å². The van der Waals surface area contributed by atoms with Crippen LogP contribution < -0.4 is 5.32 Å². The van der Waals surface area contributed by atoms with E-state index in [-0.39, 0.29) is 11.4 Å². The maximum atomic E-state index is 13.5. The molecular formula is C16H10BrF4N5O. The van der Waals surface area contributed by atoms with E-state index in [1.54, 1.807) is 18.2 Å². The minimum atomic E-state index is -4.70. The number of aromatic nitrogens is 4. The average molecular weight is 444 g/mol. The zero-order chi connectivity index (χ0) is 19.6. The number of rotatable bonds is 4. The minimum absolute atomic E-state index is 0.0990. The molecule has 0 aliphatic heterocycles. The number of H-pyrrole nitrogens is 1.